The molecule has 1 heterocycles. The number of nitro groups is 3. The van der Waals surface area contributed by atoms with Gasteiger partial charge in [0.05, 0.1) is 38.1 Å². The second-order valence-corrected chi connectivity index (χ2v) is 7.85. The highest BCUT2D eigenvalue weighted by molar-refractivity contribution is 5.80. The van der Waals surface area contributed by atoms with Crippen LogP contribution >= 0.6 is 0 Å². The fraction of sp³-hybridized carbons (Fsp3) is 0.0800. The van der Waals surface area contributed by atoms with Crippen molar-refractivity contribution in [3.05, 3.63) is 114 Å². The second-order valence-electron chi connectivity index (χ2n) is 7.85. The van der Waals surface area contributed by atoms with Crippen LogP contribution in [-0.2, 0) is 0 Å². The van der Waals surface area contributed by atoms with Gasteiger partial charge in [-0.3, -0.25) is 30.3 Å². The summed E-state index contributed by atoms with van der Waals surface area (Å²) in [6.45, 7) is 0. The Balaban J connectivity index is 0.000000214. The Morgan fingerprint density at radius 1 is 0.784 bits per heavy atom. The number of nitrogens with zero attached hydrogens (tertiary/aromatic N) is 5. The third kappa shape index (κ3) is 6.60. The number of phenols is 1. The fourth-order valence-electron chi connectivity index (χ4n) is 3.21. The summed E-state index contributed by atoms with van der Waals surface area (Å²) in [6, 6.07) is 21.7. The second kappa shape index (κ2) is 11.4. The monoisotopic (exact) mass is 503 g/mol. The van der Waals surface area contributed by atoms with Crippen molar-refractivity contribution in [2.75, 3.05) is 19.0 Å². The van der Waals surface area contributed by atoms with Gasteiger partial charge in [-0.05, 0) is 35.9 Å². The highest BCUT2D eigenvalue weighted by Crippen LogP contribution is 2.38. The average molecular weight is 503 g/mol. The largest absolute Gasteiger partial charge is 0.497 e. The smallest absolute Gasteiger partial charge is 0.324 e. The molecule has 1 aromatic heterocycles. The maximum absolute atomic E-state index is 10.4. The number of para-hydroxylation sites is 1. The van der Waals surface area contributed by atoms with E-state index in [1.54, 1.807) is 0 Å². The molecule has 0 atom stereocenters. The summed E-state index contributed by atoms with van der Waals surface area (Å²) in [4.78, 5) is 34.5. The minimum atomic E-state index is -1.21. The third-order valence-corrected chi connectivity index (χ3v) is 5.13. The van der Waals surface area contributed by atoms with Gasteiger partial charge in [-0.25, -0.2) is 4.98 Å². The zero-order valence-electron chi connectivity index (χ0n) is 19.7. The molecule has 0 aliphatic carbocycles. The zero-order valence-corrected chi connectivity index (χ0v) is 19.7. The van der Waals surface area contributed by atoms with Crippen LogP contribution in [0, 0.1) is 30.3 Å². The molecule has 0 aliphatic heterocycles. The fourth-order valence-corrected chi connectivity index (χ4v) is 3.21. The molecule has 0 fully saturated rings. The molecule has 37 heavy (non-hydrogen) atoms. The lowest BCUT2D eigenvalue weighted by Crippen LogP contribution is -2.07. The summed E-state index contributed by atoms with van der Waals surface area (Å²) in [7, 11) is 4.09. The van der Waals surface area contributed by atoms with E-state index in [1.807, 2.05) is 38.4 Å². The Labute approximate surface area is 210 Å². The van der Waals surface area contributed by atoms with Crippen molar-refractivity contribution in [1.82, 2.24) is 4.98 Å². The van der Waals surface area contributed by atoms with Crippen molar-refractivity contribution < 1.29 is 19.9 Å². The van der Waals surface area contributed by atoms with Gasteiger partial charge in [0.15, 0.2) is 0 Å². The summed E-state index contributed by atoms with van der Waals surface area (Å²) in [5.41, 5.74) is 1.39. The third-order valence-electron chi connectivity index (χ3n) is 5.13. The first kappa shape index (κ1) is 26.2. The first-order valence-electron chi connectivity index (χ1n) is 10.7. The number of benzene rings is 3. The predicted octanol–water partition coefficient (Wildman–Crippen LogP) is 5.59. The van der Waals surface area contributed by atoms with Gasteiger partial charge in [-0.2, -0.15) is 0 Å². The molecule has 0 spiro atoms. The van der Waals surface area contributed by atoms with Crippen LogP contribution in [0.2, 0.25) is 0 Å². The van der Waals surface area contributed by atoms with Crippen molar-refractivity contribution in [2.24, 2.45) is 0 Å². The van der Waals surface area contributed by atoms with E-state index in [0.717, 1.165) is 11.2 Å². The summed E-state index contributed by atoms with van der Waals surface area (Å²) in [5.74, 6) is -1.21. The number of rotatable bonds is 6. The molecule has 4 aromatic rings. The number of aromatic nitrogens is 1. The maximum atomic E-state index is 10.4. The number of non-ortho nitro benzene ring substituents is 1. The summed E-state index contributed by atoms with van der Waals surface area (Å²) < 4.78 is 0. The summed E-state index contributed by atoms with van der Waals surface area (Å²) in [6.07, 6.45) is 4.15. The Hall–Kier alpha value is -5.39. The molecule has 12 nitrogen and oxygen atoms in total. The van der Waals surface area contributed by atoms with E-state index >= 15 is 0 Å². The molecule has 3 aromatic carbocycles. The Bertz CT molecular complexity index is 1470. The predicted molar refractivity (Wildman–Crippen MR) is 140 cm³/mol. The first-order valence-corrected chi connectivity index (χ1v) is 10.7. The van der Waals surface area contributed by atoms with Crippen LogP contribution in [0.3, 0.4) is 0 Å². The highest BCUT2D eigenvalue weighted by atomic mass is 16.6. The number of pyridine rings is 1. The summed E-state index contributed by atoms with van der Waals surface area (Å²) >= 11 is 0. The maximum Gasteiger partial charge on any atom is 0.324 e. The number of phenolic OH excluding ortho intramolecular Hbond substituents is 1. The highest BCUT2D eigenvalue weighted by Gasteiger charge is 2.30. The molecule has 0 radical (unpaired) electrons. The van der Waals surface area contributed by atoms with Gasteiger partial charge in [0.25, 0.3) is 11.4 Å². The van der Waals surface area contributed by atoms with Gasteiger partial charge in [0, 0.05) is 25.2 Å². The zero-order chi connectivity index (χ0) is 27.1. The van der Waals surface area contributed by atoms with E-state index in [9.17, 15) is 30.3 Å². The van der Waals surface area contributed by atoms with Gasteiger partial charge in [-0.15, -0.1) is 0 Å². The van der Waals surface area contributed by atoms with Crippen LogP contribution in [0.15, 0.2) is 72.8 Å². The quantitative estimate of drug-likeness (QED) is 0.261. The minimum absolute atomic E-state index is 0.447. The van der Waals surface area contributed by atoms with Crippen molar-refractivity contribution in [3.8, 4) is 5.75 Å². The van der Waals surface area contributed by atoms with E-state index in [4.69, 9.17) is 5.11 Å². The number of fused-ring (bicyclic) bond motifs is 1. The van der Waals surface area contributed by atoms with E-state index in [2.05, 4.69) is 58.4 Å². The molecular formula is C25H21N5O7. The number of aromatic hydroxyl groups is 1. The lowest BCUT2D eigenvalue weighted by molar-refractivity contribution is -0.404. The standard InChI is InChI=1S/C19H18N2.C6H3N3O7/c1-21(2)18-13-8-15(9-14-18)7-11-17-12-10-16-5-3-4-6-19(16)20-17;10-6-4(8(13)14)1-3(7(11)12)2-5(6)9(15)16/h3-14H,1-2H3;1-2,10H. The van der Waals surface area contributed by atoms with E-state index in [1.165, 1.54) is 16.6 Å². The van der Waals surface area contributed by atoms with Gasteiger partial charge in [-0.1, -0.05) is 42.5 Å². The van der Waals surface area contributed by atoms with Crippen molar-refractivity contribution >= 4 is 45.8 Å². The molecule has 0 saturated carbocycles. The SMILES string of the molecule is CN(C)c1ccc(C=Cc2ccc3ccccc3n2)cc1.O=[N+]([O-])c1cc([N+](=O)[O-])c(O)c([N+](=O)[O-])c1. The average Bonchev–Trinajstić information content (AvgIpc) is 2.87. The van der Waals surface area contributed by atoms with Crippen LogP contribution in [0.1, 0.15) is 11.3 Å². The number of nitro benzene ring substituents is 3. The van der Waals surface area contributed by atoms with Crippen LogP contribution in [0.25, 0.3) is 23.1 Å². The van der Waals surface area contributed by atoms with Crippen LogP contribution < -0.4 is 4.90 Å². The minimum Gasteiger partial charge on any atom is -0.497 e. The molecule has 4 rings (SSSR count). The summed E-state index contributed by atoms with van der Waals surface area (Å²) in [5, 5.41) is 41.4. The molecule has 12 heteroatoms. The number of hydrogen-bond acceptors (Lipinski definition) is 9. The molecular weight excluding hydrogens is 482 g/mol. The molecule has 0 amide bonds. The van der Waals surface area contributed by atoms with Crippen LogP contribution in [-0.4, -0.2) is 39.0 Å². The van der Waals surface area contributed by atoms with Gasteiger partial charge in [0.2, 0.25) is 0 Å². The first-order chi connectivity index (χ1) is 17.6. The topological polar surface area (TPSA) is 166 Å². The molecule has 1 N–H and O–H groups in total. The Morgan fingerprint density at radius 2 is 1.38 bits per heavy atom. The number of hydrogen-bond donors (Lipinski definition) is 1. The van der Waals surface area contributed by atoms with Gasteiger partial charge < -0.3 is 10.0 Å². The van der Waals surface area contributed by atoms with Crippen molar-refractivity contribution in [2.45, 2.75) is 0 Å². The Morgan fingerprint density at radius 3 is 1.92 bits per heavy atom. The molecule has 0 unspecified atom stereocenters. The Kier molecular flexibility index (Phi) is 8.05. The lowest BCUT2D eigenvalue weighted by Gasteiger charge is -2.11. The molecule has 0 saturated heterocycles. The van der Waals surface area contributed by atoms with Crippen LogP contribution in [0.5, 0.6) is 5.75 Å². The van der Waals surface area contributed by atoms with Crippen LogP contribution in [0.4, 0.5) is 22.7 Å². The lowest BCUT2D eigenvalue weighted by atomic mass is 10.1. The van der Waals surface area contributed by atoms with Crippen molar-refractivity contribution in [1.29, 1.82) is 0 Å². The van der Waals surface area contributed by atoms with Gasteiger partial charge in [0.1, 0.15) is 0 Å². The molecule has 188 valence electrons. The van der Waals surface area contributed by atoms with E-state index < -0.39 is 37.6 Å². The number of anilines is 1. The normalized spacial score (nSPS) is 10.5. The molecule has 0 aliphatic rings. The van der Waals surface area contributed by atoms with E-state index in [-0.39, 0.29) is 0 Å². The van der Waals surface area contributed by atoms with Crippen molar-refractivity contribution in [3.63, 3.8) is 0 Å². The molecule has 0 bridgehead atoms. The van der Waals surface area contributed by atoms with E-state index in [0.29, 0.717) is 12.1 Å². The van der Waals surface area contributed by atoms with Gasteiger partial charge >= 0.3 is 11.4 Å².